The first kappa shape index (κ1) is 15.6. The summed E-state index contributed by atoms with van der Waals surface area (Å²) in [5.74, 6) is -0.637. The Morgan fingerprint density at radius 2 is 2.10 bits per heavy atom. The van der Waals surface area contributed by atoms with E-state index < -0.39 is 10.9 Å². The van der Waals surface area contributed by atoms with E-state index in [4.69, 9.17) is 4.74 Å². The first-order chi connectivity index (χ1) is 9.45. The molecule has 0 unspecified atom stereocenters. The van der Waals surface area contributed by atoms with Gasteiger partial charge in [-0.15, -0.1) is 0 Å². The molecule has 0 aliphatic carbocycles. The van der Waals surface area contributed by atoms with Crippen molar-refractivity contribution in [3.63, 3.8) is 0 Å². The van der Waals surface area contributed by atoms with Crippen molar-refractivity contribution >= 4 is 23.5 Å². The first-order valence-electron chi connectivity index (χ1n) is 6.07. The Hall–Kier alpha value is -2.50. The number of esters is 1. The van der Waals surface area contributed by atoms with Crippen LogP contribution in [-0.2, 0) is 9.53 Å². The van der Waals surface area contributed by atoms with E-state index in [0.29, 0.717) is 12.2 Å². The van der Waals surface area contributed by atoms with Crippen molar-refractivity contribution in [2.45, 2.75) is 20.3 Å². The third kappa shape index (κ3) is 4.31. The number of ketones is 1. The van der Waals surface area contributed by atoms with Gasteiger partial charge in [0, 0.05) is 11.6 Å². The molecule has 20 heavy (non-hydrogen) atoms. The Labute approximate surface area is 116 Å². The average molecular weight is 277 g/mol. The lowest BCUT2D eigenvalue weighted by atomic mass is 10.1. The van der Waals surface area contributed by atoms with E-state index in [0.717, 1.165) is 0 Å². The molecular weight excluding hydrogens is 262 g/mol. The molecule has 0 fully saturated rings. The Balaban J connectivity index is 2.94. The maximum absolute atomic E-state index is 11.2. The molecule has 0 amide bonds. The van der Waals surface area contributed by atoms with E-state index in [1.165, 1.54) is 37.3 Å². The number of hydrogen-bond acceptors (Lipinski definition) is 5. The van der Waals surface area contributed by atoms with Crippen molar-refractivity contribution in [2.24, 2.45) is 0 Å². The molecule has 0 N–H and O–H groups in total. The first-order valence-corrected chi connectivity index (χ1v) is 6.07. The summed E-state index contributed by atoms with van der Waals surface area (Å²) in [6.45, 7) is 3.34. The lowest BCUT2D eigenvalue weighted by Crippen LogP contribution is -2.01. The lowest BCUT2D eigenvalue weighted by Gasteiger charge is -2.01. The molecule has 0 spiro atoms. The van der Waals surface area contributed by atoms with Crippen LogP contribution in [0.15, 0.2) is 24.3 Å². The molecule has 0 aliphatic heterocycles. The van der Waals surface area contributed by atoms with Gasteiger partial charge in [-0.25, -0.2) is 0 Å². The van der Waals surface area contributed by atoms with Crippen molar-refractivity contribution in [1.29, 1.82) is 0 Å². The van der Waals surface area contributed by atoms with Crippen LogP contribution in [0.1, 0.15) is 36.2 Å². The number of nitrogens with zero attached hydrogens (tertiary/aromatic N) is 1. The number of nitro groups is 1. The van der Waals surface area contributed by atoms with E-state index in [1.54, 1.807) is 6.92 Å². The van der Waals surface area contributed by atoms with Crippen LogP contribution in [0.3, 0.4) is 0 Å². The zero-order chi connectivity index (χ0) is 15.1. The number of Topliss-reactive ketones (excluding diaryl/α,β-unsaturated/α-hetero) is 1. The van der Waals surface area contributed by atoms with Crippen LogP contribution in [0.5, 0.6) is 0 Å². The van der Waals surface area contributed by atoms with Crippen LogP contribution >= 0.6 is 0 Å². The highest BCUT2D eigenvalue weighted by Crippen LogP contribution is 2.22. The molecule has 0 aliphatic rings. The van der Waals surface area contributed by atoms with Crippen LogP contribution in [0.4, 0.5) is 5.69 Å². The van der Waals surface area contributed by atoms with Gasteiger partial charge in [-0.1, -0.05) is 18.2 Å². The molecule has 0 saturated carbocycles. The second-order valence-corrected chi connectivity index (χ2v) is 4.00. The van der Waals surface area contributed by atoms with Crippen molar-refractivity contribution in [3.05, 3.63) is 45.5 Å². The Bertz CT molecular complexity index is 563. The van der Waals surface area contributed by atoms with E-state index >= 15 is 0 Å². The highest BCUT2D eigenvalue weighted by molar-refractivity contribution is 5.95. The second kappa shape index (κ2) is 7.18. The number of rotatable bonds is 6. The van der Waals surface area contributed by atoms with E-state index in [9.17, 15) is 19.7 Å². The van der Waals surface area contributed by atoms with Crippen LogP contribution in [-0.4, -0.2) is 23.3 Å². The minimum atomic E-state index is -0.559. The molecule has 0 saturated heterocycles. The molecule has 106 valence electrons. The van der Waals surface area contributed by atoms with E-state index in [-0.39, 0.29) is 23.5 Å². The van der Waals surface area contributed by atoms with Crippen LogP contribution < -0.4 is 0 Å². The van der Waals surface area contributed by atoms with Gasteiger partial charge in [-0.05, 0) is 19.9 Å². The third-order valence-electron chi connectivity index (χ3n) is 2.52. The van der Waals surface area contributed by atoms with Gasteiger partial charge in [0.15, 0.2) is 5.78 Å². The van der Waals surface area contributed by atoms with Gasteiger partial charge in [0.1, 0.15) is 0 Å². The number of carbonyl (C=O) groups is 2. The van der Waals surface area contributed by atoms with Crippen molar-refractivity contribution in [2.75, 3.05) is 6.61 Å². The summed E-state index contributed by atoms with van der Waals surface area (Å²) in [5, 5.41) is 11.0. The fraction of sp³-hybridized carbons (Fsp3) is 0.286. The number of benzene rings is 1. The van der Waals surface area contributed by atoms with E-state index in [1.807, 2.05) is 0 Å². The molecule has 1 rings (SSSR count). The number of ether oxygens (including phenoxy) is 1. The van der Waals surface area contributed by atoms with Crippen molar-refractivity contribution in [3.8, 4) is 0 Å². The monoisotopic (exact) mass is 277 g/mol. The molecule has 0 aromatic heterocycles. The van der Waals surface area contributed by atoms with Crippen LogP contribution in [0.25, 0.3) is 6.08 Å². The normalized spacial score (nSPS) is 10.5. The van der Waals surface area contributed by atoms with Crippen molar-refractivity contribution in [1.82, 2.24) is 0 Å². The summed E-state index contributed by atoms with van der Waals surface area (Å²) >= 11 is 0. The van der Waals surface area contributed by atoms with Crippen LogP contribution in [0, 0.1) is 10.1 Å². The molecule has 6 heteroatoms. The predicted octanol–water partition coefficient (Wildman–Crippen LogP) is 2.76. The smallest absolute Gasteiger partial charge is 0.309 e. The molecule has 1 aromatic rings. The summed E-state index contributed by atoms with van der Waals surface area (Å²) in [4.78, 5) is 32.8. The van der Waals surface area contributed by atoms with Gasteiger partial charge in [-0.2, -0.15) is 0 Å². The molecule has 0 radical (unpaired) electrons. The van der Waals surface area contributed by atoms with Crippen LogP contribution in [0.2, 0.25) is 0 Å². The quantitative estimate of drug-likeness (QED) is 0.345. The van der Waals surface area contributed by atoms with Gasteiger partial charge < -0.3 is 4.74 Å². The van der Waals surface area contributed by atoms with Gasteiger partial charge in [0.05, 0.1) is 23.5 Å². The number of carbonyl (C=O) groups excluding carboxylic acids is 2. The second-order valence-electron chi connectivity index (χ2n) is 4.00. The number of nitro benzene ring substituents is 1. The van der Waals surface area contributed by atoms with Gasteiger partial charge in [0.25, 0.3) is 5.69 Å². The lowest BCUT2D eigenvalue weighted by molar-refractivity contribution is -0.385. The molecule has 0 atom stereocenters. The summed E-state index contributed by atoms with van der Waals surface area (Å²) in [6.07, 6.45) is 3.01. The SMILES string of the molecule is CCOC(=O)CC=Cc1ccc(C(C)=O)cc1[N+](=O)[O-]. The molecule has 6 nitrogen and oxygen atoms in total. The molecule has 0 heterocycles. The van der Waals surface area contributed by atoms with Crippen molar-refractivity contribution < 1.29 is 19.2 Å². The zero-order valence-corrected chi connectivity index (χ0v) is 11.3. The topological polar surface area (TPSA) is 86.5 Å². The van der Waals surface area contributed by atoms with Gasteiger partial charge in [-0.3, -0.25) is 19.7 Å². The summed E-state index contributed by atoms with van der Waals surface area (Å²) in [6, 6.07) is 4.22. The van der Waals surface area contributed by atoms with E-state index in [2.05, 4.69) is 0 Å². The molecule has 1 aromatic carbocycles. The fourth-order valence-corrected chi connectivity index (χ4v) is 1.56. The largest absolute Gasteiger partial charge is 0.466 e. The van der Waals surface area contributed by atoms with Gasteiger partial charge in [0.2, 0.25) is 0 Å². The maximum atomic E-state index is 11.2. The highest BCUT2D eigenvalue weighted by atomic mass is 16.6. The fourth-order valence-electron chi connectivity index (χ4n) is 1.56. The Morgan fingerprint density at radius 1 is 1.40 bits per heavy atom. The zero-order valence-electron chi connectivity index (χ0n) is 11.3. The average Bonchev–Trinajstić information content (AvgIpc) is 2.38. The predicted molar refractivity (Wildman–Crippen MR) is 73.4 cm³/mol. The highest BCUT2D eigenvalue weighted by Gasteiger charge is 2.14. The summed E-state index contributed by atoms with van der Waals surface area (Å²) < 4.78 is 4.74. The number of hydrogen-bond donors (Lipinski definition) is 0. The summed E-state index contributed by atoms with van der Waals surface area (Å²) in [5.41, 5.74) is 0.446. The third-order valence-corrected chi connectivity index (χ3v) is 2.52. The minimum absolute atomic E-state index is 0.0411. The Morgan fingerprint density at radius 3 is 2.65 bits per heavy atom. The molecular formula is C14H15NO5. The minimum Gasteiger partial charge on any atom is -0.466 e. The maximum Gasteiger partial charge on any atom is 0.309 e. The standard InChI is InChI=1S/C14H15NO5/c1-3-20-14(17)6-4-5-11-7-8-12(10(2)16)9-13(11)15(18)19/h4-5,7-9H,3,6H2,1-2H3. The molecule has 0 bridgehead atoms. The summed E-state index contributed by atoms with van der Waals surface area (Å²) in [7, 11) is 0. The Kier molecular flexibility index (Phi) is 5.58. The van der Waals surface area contributed by atoms with Gasteiger partial charge >= 0.3 is 5.97 Å².